The van der Waals surface area contributed by atoms with Crippen molar-refractivity contribution < 1.29 is 19.2 Å². The van der Waals surface area contributed by atoms with Gasteiger partial charge in [0, 0.05) is 12.5 Å². The van der Waals surface area contributed by atoms with Crippen molar-refractivity contribution in [2.45, 2.75) is 19.8 Å². The van der Waals surface area contributed by atoms with E-state index >= 15 is 0 Å². The molecule has 17 heavy (non-hydrogen) atoms. The van der Waals surface area contributed by atoms with Gasteiger partial charge in [-0.2, -0.15) is 0 Å². The first-order chi connectivity index (χ1) is 8.06. The summed E-state index contributed by atoms with van der Waals surface area (Å²) in [6, 6.07) is 5.41. The summed E-state index contributed by atoms with van der Waals surface area (Å²) in [6.07, 6.45) is 0.588. The van der Waals surface area contributed by atoms with Gasteiger partial charge in [0.1, 0.15) is 0 Å². The number of benzene rings is 1. The third-order valence-corrected chi connectivity index (χ3v) is 1.97. The predicted octanol–water partition coefficient (Wildman–Crippen LogP) is 1.87. The molecule has 90 valence electrons. The topological polar surface area (TPSA) is 86.5 Å². The highest BCUT2D eigenvalue weighted by molar-refractivity contribution is 6.34. The Bertz CT molecular complexity index is 455. The number of nitrogens with zero attached hydrogens (tertiary/aromatic N) is 1. The van der Waals surface area contributed by atoms with Crippen LogP contribution in [0, 0.1) is 10.1 Å². The summed E-state index contributed by atoms with van der Waals surface area (Å²) in [5.41, 5.74) is -0.342. The van der Waals surface area contributed by atoms with Gasteiger partial charge < -0.3 is 4.74 Å². The molecular formula is C11H11NO5. The van der Waals surface area contributed by atoms with E-state index in [1.807, 2.05) is 0 Å². The van der Waals surface area contributed by atoms with E-state index in [0.717, 1.165) is 0 Å². The number of ether oxygens (including phenoxy) is 1. The maximum absolute atomic E-state index is 11.3. The van der Waals surface area contributed by atoms with Gasteiger partial charge in [-0.1, -0.05) is 19.1 Å². The highest BCUT2D eigenvalue weighted by Crippen LogP contribution is 2.25. The minimum Gasteiger partial charge on any atom is -0.413 e. The Labute approximate surface area is 97.3 Å². The van der Waals surface area contributed by atoms with Gasteiger partial charge in [-0.25, -0.2) is 4.79 Å². The minimum absolute atomic E-state index is 0.0689. The maximum atomic E-state index is 11.3. The molecule has 0 N–H and O–H groups in total. The van der Waals surface area contributed by atoms with Crippen LogP contribution in [0.4, 0.5) is 5.69 Å². The summed E-state index contributed by atoms with van der Waals surface area (Å²) < 4.78 is 4.69. The molecule has 0 amide bonds. The van der Waals surface area contributed by atoms with Gasteiger partial charge in [0.25, 0.3) is 0 Å². The number of Topliss-reactive ketones (excluding diaryl/α,β-unsaturated/α-hetero) is 1. The van der Waals surface area contributed by atoms with Crippen LogP contribution in [0.25, 0.3) is 0 Å². The summed E-state index contributed by atoms with van der Waals surface area (Å²) >= 11 is 0. The molecule has 0 aliphatic rings. The van der Waals surface area contributed by atoms with E-state index in [0.29, 0.717) is 6.42 Å². The number of ketones is 1. The number of hydrogen-bond donors (Lipinski definition) is 0. The third kappa shape index (κ3) is 3.37. The van der Waals surface area contributed by atoms with Gasteiger partial charge in [0.15, 0.2) is 0 Å². The Morgan fingerprint density at radius 2 is 2.00 bits per heavy atom. The van der Waals surface area contributed by atoms with Crippen molar-refractivity contribution in [3.05, 3.63) is 34.4 Å². The van der Waals surface area contributed by atoms with Crippen molar-refractivity contribution in [2.75, 3.05) is 0 Å². The first-order valence-corrected chi connectivity index (χ1v) is 5.04. The predicted molar refractivity (Wildman–Crippen MR) is 58.6 cm³/mol. The monoisotopic (exact) mass is 237 g/mol. The maximum Gasteiger partial charge on any atom is 0.380 e. The Morgan fingerprint density at radius 1 is 1.35 bits per heavy atom. The second-order valence-corrected chi connectivity index (χ2v) is 3.29. The fraction of sp³-hybridized carbons (Fsp3) is 0.273. The second-order valence-electron chi connectivity index (χ2n) is 3.29. The lowest BCUT2D eigenvalue weighted by molar-refractivity contribution is -0.385. The fourth-order valence-corrected chi connectivity index (χ4v) is 1.18. The van der Waals surface area contributed by atoms with E-state index in [9.17, 15) is 19.7 Å². The number of rotatable bonds is 5. The number of carbonyl (C=O) groups excluding carboxylic acids is 2. The van der Waals surface area contributed by atoms with Crippen molar-refractivity contribution in [1.82, 2.24) is 0 Å². The van der Waals surface area contributed by atoms with Gasteiger partial charge in [-0.05, 0) is 12.5 Å². The molecule has 1 rings (SSSR count). The Hall–Kier alpha value is -2.24. The quantitative estimate of drug-likeness (QED) is 0.256. The highest BCUT2D eigenvalue weighted by Gasteiger charge is 2.20. The molecule has 0 atom stereocenters. The zero-order valence-corrected chi connectivity index (χ0v) is 9.21. The lowest BCUT2D eigenvalue weighted by Crippen LogP contribution is -2.20. The van der Waals surface area contributed by atoms with Crippen molar-refractivity contribution in [1.29, 1.82) is 0 Å². The molecule has 6 heteroatoms. The number of hydrogen-bond acceptors (Lipinski definition) is 5. The lowest BCUT2D eigenvalue weighted by atomic mass is 10.2. The molecule has 0 aliphatic heterocycles. The summed E-state index contributed by atoms with van der Waals surface area (Å²) in [7, 11) is 0. The Morgan fingerprint density at radius 3 is 2.59 bits per heavy atom. The van der Waals surface area contributed by atoms with Crippen molar-refractivity contribution >= 4 is 17.4 Å². The van der Waals surface area contributed by atoms with E-state index in [1.54, 1.807) is 6.92 Å². The van der Waals surface area contributed by atoms with Crippen LogP contribution in [0.2, 0.25) is 0 Å². The molecule has 0 aromatic heterocycles. The van der Waals surface area contributed by atoms with Gasteiger partial charge >= 0.3 is 11.7 Å². The zero-order chi connectivity index (χ0) is 12.8. The van der Waals surface area contributed by atoms with Gasteiger partial charge in [0.2, 0.25) is 11.5 Å². The highest BCUT2D eigenvalue weighted by atomic mass is 16.6. The first kappa shape index (κ1) is 12.8. The number of esters is 1. The number of para-hydroxylation sites is 2. The van der Waals surface area contributed by atoms with Crippen LogP contribution in [0.15, 0.2) is 24.3 Å². The Balaban J connectivity index is 2.85. The number of nitro benzene ring substituents is 1. The zero-order valence-electron chi connectivity index (χ0n) is 9.21. The van der Waals surface area contributed by atoms with E-state index in [4.69, 9.17) is 4.74 Å². The standard InChI is InChI=1S/C11H11NO5/c1-2-5-9(13)11(14)17-10-7-4-3-6-8(10)12(15)16/h3-4,6-7H,2,5H2,1H3. The smallest absolute Gasteiger partial charge is 0.380 e. The molecule has 0 saturated heterocycles. The Kier molecular flexibility index (Phi) is 4.33. The van der Waals surface area contributed by atoms with Crippen LogP contribution < -0.4 is 4.74 Å². The molecule has 0 bridgehead atoms. The average Bonchev–Trinajstić information content (AvgIpc) is 2.29. The minimum atomic E-state index is -1.07. The molecular weight excluding hydrogens is 226 g/mol. The molecule has 0 aliphatic carbocycles. The molecule has 0 unspecified atom stereocenters. The molecule has 6 nitrogen and oxygen atoms in total. The normalized spacial score (nSPS) is 9.71. The van der Waals surface area contributed by atoms with Crippen LogP contribution >= 0.6 is 0 Å². The van der Waals surface area contributed by atoms with E-state index in [1.165, 1.54) is 24.3 Å². The molecule has 0 fully saturated rings. The summed E-state index contributed by atoms with van der Waals surface area (Å²) in [6.45, 7) is 1.75. The van der Waals surface area contributed by atoms with E-state index in [-0.39, 0.29) is 17.9 Å². The number of carbonyl (C=O) groups is 2. The summed E-state index contributed by atoms with van der Waals surface area (Å²) in [5.74, 6) is -1.97. The fourth-order valence-electron chi connectivity index (χ4n) is 1.18. The molecule has 0 saturated carbocycles. The SMILES string of the molecule is CCCC(=O)C(=O)Oc1ccccc1[N+](=O)[O-]. The van der Waals surface area contributed by atoms with Crippen LogP contribution in [0.1, 0.15) is 19.8 Å². The third-order valence-electron chi connectivity index (χ3n) is 1.97. The molecule has 0 heterocycles. The second kappa shape index (κ2) is 5.74. The van der Waals surface area contributed by atoms with Gasteiger partial charge in [0.05, 0.1) is 4.92 Å². The van der Waals surface area contributed by atoms with Crippen molar-refractivity contribution in [2.24, 2.45) is 0 Å². The van der Waals surface area contributed by atoms with Crippen LogP contribution in [-0.4, -0.2) is 16.7 Å². The molecule has 0 spiro atoms. The van der Waals surface area contributed by atoms with Crippen molar-refractivity contribution in [3.63, 3.8) is 0 Å². The van der Waals surface area contributed by atoms with Gasteiger partial charge in [-0.15, -0.1) is 0 Å². The van der Waals surface area contributed by atoms with Crippen LogP contribution in [0.5, 0.6) is 5.75 Å². The van der Waals surface area contributed by atoms with Crippen LogP contribution in [-0.2, 0) is 9.59 Å². The summed E-state index contributed by atoms with van der Waals surface area (Å²) in [4.78, 5) is 32.4. The van der Waals surface area contributed by atoms with Crippen LogP contribution in [0.3, 0.4) is 0 Å². The number of nitro groups is 1. The van der Waals surface area contributed by atoms with Crippen molar-refractivity contribution in [3.8, 4) is 5.75 Å². The first-order valence-electron chi connectivity index (χ1n) is 5.04. The van der Waals surface area contributed by atoms with Gasteiger partial charge in [-0.3, -0.25) is 14.9 Å². The molecule has 1 aromatic rings. The molecule has 1 aromatic carbocycles. The summed E-state index contributed by atoms with van der Waals surface area (Å²) in [5, 5.41) is 10.6. The average molecular weight is 237 g/mol. The van der Waals surface area contributed by atoms with E-state index in [2.05, 4.69) is 0 Å². The van der Waals surface area contributed by atoms with E-state index < -0.39 is 16.7 Å². The molecule has 0 radical (unpaired) electrons. The largest absolute Gasteiger partial charge is 0.413 e. The lowest BCUT2D eigenvalue weighted by Gasteiger charge is -2.03.